The number of benzene rings is 2. The molecule has 1 N–H and O–H groups in total. The molecule has 10 nitrogen and oxygen atoms in total. The summed E-state index contributed by atoms with van der Waals surface area (Å²) in [5, 5.41) is 0.765. The van der Waals surface area contributed by atoms with E-state index in [1.807, 2.05) is 31.3 Å². The van der Waals surface area contributed by atoms with Gasteiger partial charge in [0.2, 0.25) is 11.8 Å². The van der Waals surface area contributed by atoms with Gasteiger partial charge in [0.1, 0.15) is 12.3 Å². The standard InChI is InChI=1S/C34H34N4O6/c1-36-9-7-33(8-10-36)18-30(40)37(32(33)42)11-12-44-28-14-20-13-25(35-24(20)15-27(28)43-2)31(41)38-19-21-17-34(21)23-6-4-3-5-22(23)26(39)16-29(34)38/h3-6,13-16,21,35H,7-12,17-19H2,1-2H3/t21-,34?/m1/s1. The number of hydrogen-bond acceptors (Lipinski definition) is 7. The Morgan fingerprint density at radius 3 is 2.66 bits per heavy atom. The predicted octanol–water partition coefficient (Wildman–Crippen LogP) is 3.52. The minimum absolute atomic E-state index is 0.0615. The van der Waals surface area contributed by atoms with Crippen LogP contribution in [0.3, 0.4) is 0 Å². The minimum Gasteiger partial charge on any atom is -0.493 e. The highest BCUT2D eigenvalue weighted by Crippen LogP contribution is 2.66. The van der Waals surface area contributed by atoms with Gasteiger partial charge >= 0.3 is 0 Å². The first-order valence-electron chi connectivity index (χ1n) is 15.3. The molecule has 3 aromatic rings. The van der Waals surface area contributed by atoms with Crippen LogP contribution in [0, 0.1) is 11.3 Å². The number of methoxy groups -OCH3 is 1. The molecule has 4 heterocycles. The highest BCUT2D eigenvalue weighted by molar-refractivity contribution is 6.10. The van der Waals surface area contributed by atoms with Gasteiger partial charge in [-0.05, 0) is 63.0 Å². The predicted molar refractivity (Wildman–Crippen MR) is 161 cm³/mol. The number of amides is 3. The van der Waals surface area contributed by atoms with Crippen LogP contribution in [0.25, 0.3) is 10.9 Å². The van der Waals surface area contributed by atoms with E-state index in [0.29, 0.717) is 48.0 Å². The van der Waals surface area contributed by atoms with Gasteiger partial charge in [0.15, 0.2) is 17.3 Å². The monoisotopic (exact) mass is 594 g/mol. The molecular formula is C34H34N4O6. The zero-order valence-corrected chi connectivity index (χ0v) is 24.9. The Hall–Kier alpha value is -4.44. The first-order chi connectivity index (χ1) is 21.2. The van der Waals surface area contributed by atoms with Gasteiger partial charge in [0, 0.05) is 52.7 Å². The summed E-state index contributed by atoms with van der Waals surface area (Å²) in [4.78, 5) is 61.3. The van der Waals surface area contributed by atoms with Crippen molar-refractivity contribution in [2.75, 3.05) is 46.9 Å². The van der Waals surface area contributed by atoms with Gasteiger partial charge in [-0.15, -0.1) is 0 Å². The maximum Gasteiger partial charge on any atom is 0.274 e. The van der Waals surface area contributed by atoms with E-state index >= 15 is 0 Å². The Bertz CT molecular complexity index is 1800. The summed E-state index contributed by atoms with van der Waals surface area (Å²) in [6.07, 6.45) is 4.26. The van der Waals surface area contributed by atoms with Gasteiger partial charge in [0.05, 0.1) is 19.1 Å². The number of likely N-dealkylation sites (tertiary alicyclic amines) is 3. The SMILES string of the molecule is COc1cc2[nH]c(C(=O)N3C[C@H]4CC45C3=CC(=O)c3ccccc35)cc2cc1OCCN1C(=O)CC2(CCN(C)CC2)C1=O. The Morgan fingerprint density at radius 1 is 1.07 bits per heavy atom. The summed E-state index contributed by atoms with van der Waals surface area (Å²) in [5.41, 5.74) is 2.87. The van der Waals surface area contributed by atoms with Crippen LogP contribution in [0.15, 0.2) is 54.2 Å². The van der Waals surface area contributed by atoms with Gasteiger partial charge in [-0.3, -0.25) is 24.1 Å². The summed E-state index contributed by atoms with van der Waals surface area (Å²) in [6.45, 7) is 2.50. The van der Waals surface area contributed by atoms with E-state index < -0.39 is 5.41 Å². The molecule has 1 saturated carbocycles. The van der Waals surface area contributed by atoms with Crippen LogP contribution in [-0.4, -0.2) is 90.1 Å². The number of piperidine rings is 2. The molecule has 10 heteroatoms. The fraction of sp³-hybridized carbons (Fsp3) is 0.412. The lowest BCUT2D eigenvalue weighted by Crippen LogP contribution is -2.44. The largest absolute Gasteiger partial charge is 0.493 e. The lowest BCUT2D eigenvalue weighted by Gasteiger charge is -2.35. The van der Waals surface area contributed by atoms with Crippen molar-refractivity contribution in [2.45, 2.75) is 31.1 Å². The number of nitrogens with zero attached hydrogens (tertiary/aromatic N) is 3. The topological polar surface area (TPSA) is 112 Å². The molecule has 1 aromatic heterocycles. The third-order valence-electron chi connectivity index (χ3n) is 10.6. The minimum atomic E-state index is -0.575. The lowest BCUT2D eigenvalue weighted by atomic mass is 9.77. The molecule has 5 aliphatic rings. The van der Waals surface area contributed by atoms with Gasteiger partial charge in [-0.1, -0.05) is 24.3 Å². The molecule has 3 amide bonds. The number of ketones is 1. The van der Waals surface area contributed by atoms with Crippen LogP contribution in [-0.2, 0) is 15.0 Å². The van der Waals surface area contributed by atoms with E-state index in [4.69, 9.17) is 9.47 Å². The summed E-state index contributed by atoms with van der Waals surface area (Å²) in [5.74, 6) is 0.775. The van der Waals surface area contributed by atoms with E-state index in [0.717, 1.165) is 41.7 Å². The summed E-state index contributed by atoms with van der Waals surface area (Å²) in [6, 6.07) is 13.1. The molecule has 2 aliphatic carbocycles. The molecule has 2 aromatic carbocycles. The maximum absolute atomic E-state index is 13.8. The van der Waals surface area contributed by atoms with E-state index in [-0.39, 0.29) is 48.5 Å². The summed E-state index contributed by atoms with van der Waals surface area (Å²) >= 11 is 0. The van der Waals surface area contributed by atoms with Crippen LogP contribution in [0.4, 0.5) is 0 Å². The Balaban J connectivity index is 0.994. The highest BCUT2D eigenvalue weighted by atomic mass is 16.5. The molecule has 3 aliphatic heterocycles. The van der Waals surface area contributed by atoms with Crippen LogP contribution in [0.5, 0.6) is 11.5 Å². The van der Waals surface area contributed by atoms with Crippen molar-refractivity contribution in [1.29, 1.82) is 0 Å². The fourth-order valence-electron chi connectivity index (χ4n) is 8.02. The van der Waals surface area contributed by atoms with Gasteiger partial charge < -0.3 is 24.3 Å². The highest BCUT2D eigenvalue weighted by Gasteiger charge is 2.67. The zero-order chi connectivity index (χ0) is 30.4. The molecule has 44 heavy (non-hydrogen) atoms. The quantitative estimate of drug-likeness (QED) is 0.435. The second-order valence-electron chi connectivity index (χ2n) is 13.0. The molecular weight excluding hydrogens is 560 g/mol. The first-order valence-corrected chi connectivity index (χ1v) is 15.3. The number of allylic oxidation sites excluding steroid dienone is 2. The second kappa shape index (κ2) is 9.53. The Morgan fingerprint density at radius 2 is 1.86 bits per heavy atom. The number of ether oxygens (including phenoxy) is 2. The van der Waals surface area contributed by atoms with Gasteiger partial charge in [-0.25, -0.2) is 0 Å². The number of nitrogens with one attached hydrogen (secondary N) is 1. The number of carbonyl (C=O) groups excluding carboxylic acids is 4. The number of fused-ring (bicyclic) bond motifs is 2. The molecule has 8 rings (SSSR count). The lowest BCUT2D eigenvalue weighted by molar-refractivity contribution is -0.142. The summed E-state index contributed by atoms with van der Waals surface area (Å²) in [7, 11) is 3.58. The molecule has 2 spiro atoms. The number of hydrogen-bond donors (Lipinski definition) is 1. The maximum atomic E-state index is 13.8. The normalized spacial score (nSPS) is 25.3. The van der Waals surface area contributed by atoms with Crippen LogP contribution in [0.2, 0.25) is 0 Å². The van der Waals surface area contributed by atoms with E-state index in [9.17, 15) is 19.2 Å². The zero-order valence-electron chi connectivity index (χ0n) is 24.9. The molecule has 2 atom stereocenters. The average molecular weight is 595 g/mol. The number of aromatic nitrogens is 1. The van der Waals surface area contributed by atoms with Crippen molar-refractivity contribution in [3.63, 3.8) is 0 Å². The van der Waals surface area contributed by atoms with E-state index in [1.165, 1.54) is 4.90 Å². The number of imide groups is 1. The second-order valence-corrected chi connectivity index (χ2v) is 13.0. The van der Waals surface area contributed by atoms with Crippen molar-refractivity contribution in [1.82, 2.24) is 19.7 Å². The Kier molecular flexibility index (Phi) is 5.88. The number of carbonyl (C=O) groups is 4. The van der Waals surface area contributed by atoms with Crippen molar-refractivity contribution in [2.24, 2.45) is 11.3 Å². The fourth-order valence-corrected chi connectivity index (χ4v) is 8.02. The van der Waals surface area contributed by atoms with Crippen molar-refractivity contribution in [3.05, 3.63) is 71.1 Å². The van der Waals surface area contributed by atoms with Crippen molar-refractivity contribution >= 4 is 34.4 Å². The molecule has 226 valence electrons. The average Bonchev–Trinajstić information content (AvgIpc) is 3.30. The van der Waals surface area contributed by atoms with Crippen LogP contribution < -0.4 is 9.47 Å². The van der Waals surface area contributed by atoms with Crippen LogP contribution in [0.1, 0.15) is 52.1 Å². The smallest absolute Gasteiger partial charge is 0.274 e. The molecule has 1 unspecified atom stereocenters. The number of H-pyrrole nitrogens is 1. The molecule has 0 radical (unpaired) electrons. The molecule has 0 bridgehead atoms. The Labute approximate surface area is 254 Å². The third-order valence-corrected chi connectivity index (χ3v) is 10.6. The molecule has 3 saturated heterocycles. The van der Waals surface area contributed by atoms with Crippen molar-refractivity contribution in [3.8, 4) is 11.5 Å². The van der Waals surface area contributed by atoms with E-state index in [2.05, 4.69) is 9.88 Å². The third kappa shape index (κ3) is 3.83. The summed E-state index contributed by atoms with van der Waals surface area (Å²) < 4.78 is 11.6. The van der Waals surface area contributed by atoms with Gasteiger partial charge in [-0.2, -0.15) is 0 Å². The van der Waals surface area contributed by atoms with E-state index in [1.54, 1.807) is 36.3 Å². The number of rotatable bonds is 6. The number of aromatic amines is 1. The van der Waals surface area contributed by atoms with Gasteiger partial charge in [0.25, 0.3) is 5.91 Å². The van der Waals surface area contributed by atoms with Crippen molar-refractivity contribution < 1.29 is 28.7 Å². The first kappa shape index (κ1) is 27.1. The molecule has 4 fully saturated rings. The van der Waals surface area contributed by atoms with Crippen LogP contribution >= 0.6 is 0 Å².